The SMILES string of the molecule is CCC(CC(=O)OC(OC(=O)[C@@H](NC(=O)OC(C)(C)C)C(C)C)C(C)C)c1ccc(N(CC(C)C)CC(C)C)c(NC(=O)Nc2ccc(C)cc2)c1. The van der Waals surface area contributed by atoms with Gasteiger partial charge in [-0.05, 0) is 87.6 Å². The Balaban J connectivity index is 2.32. The molecule has 0 aliphatic carbocycles. The molecule has 0 aliphatic heterocycles. The van der Waals surface area contributed by atoms with E-state index < -0.39 is 36.0 Å². The van der Waals surface area contributed by atoms with Gasteiger partial charge in [-0.1, -0.05) is 86.1 Å². The van der Waals surface area contributed by atoms with Gasteiger partial charge in [-0.3, -0.25) is 4.79 Å². The van der Waals surface area contributed by atoms with Gasteiger partial charge in [0.25, 0.3) is 0 Å². The molecule has 2 aromatic rings. The standard InChI is InChI=1S/C41H64N4O7/c1-14-30(22-35(46)50-38(28(8)9)51-37(47)36(27(6)7)44-40(49)52-41(11,12)13)31-17-20-34(45(23-25(2)3)24-26(4)5)33(21-31)43-39(48)42-32-18-15-29(10)16-19-32/h15-21,25-28,30,36,38H,14,22-24H2,1-13H3,(H,44,49)(H2,42,43,48)/t30?,36-,38?/m0/s1. The predicted octanol–water partition coefficient (Wildman–Crippen LogP) is 9.26. The van der Waals surface area contributed by atoms with Crippen LogP contribution in [0.3, 0.4) is 0 Å². The van der Waals surface area contributed by atoms with E-state index in [-0.39, 0.29) is 30.2 Å². The van der Waals surface area contributed by atoms with E-state index in [0.29, 0.717) is 29.6 Å². The molecule has 0 saturated heterocycles. The Hall–Kier alpha value is -4.28. The van der Waals surface area contributed by atoms with Crippen LogP contribution in [0.15, 0.2) is 42.5 Å². The molecule has 0 fully saturated rings. The summed E-state index contributed by atoms with van der Waals surface area (Å²) in [5.41, 5.74) is 3.43. The summed E-state index contributed by atoms with van der Waals surface area (Å²) < 4.78 is 16.8. The fourth-order valence-corrected chi connectivity index (χ4v) is 5.55. The first kappa shape index (κ1) is 43.9. The molecule has 2 aromatic carbocycles. The summed E-state index contributed by atoms with van der Waals surface area (Å²) in [6, 6.07) is 12.2. The number of nitrogens with one attached hydrogen (secondary N) is 3. The molecule has 2 rings (SSSR count). The van der Waals surface area contributed by atoms with Gasteiger partial charge in [0.1, 0.15) is 11.6 Å². The number of benzene rings is 2. The van der Waals surface area contributed by atoms with E-state index in [0.717, 1.165) is 29.9 Å². The number of ether oxygens (including phenoxy) is 3. The van der Waals surface area contributed by atoms with Crippen molar-refractivity contribution < 1.29 is 33.4 Å². The number of carbonyl (C=O) groups excluding carboxylic acids is 4. The first-order valence-electron chi connectivity index (χ1n) is 18.6. The van der Waals surface area contributed by atoms with Crippen molar-refractivity contribution in [2.45, 2.75) is 127 Å². The number of nitrogens with zero attached hydrogens (tertiary/aromatic N) is 1. The monoisotopic (exact) mass is 724 g/mol. The maximum atomic E-state index is 13.4. The molecule has 3 amide bonds. The van der Waals surface area contributed by atoms with Crippen LogP contribution in [0.2, 0.25) is 0 Å². The van der Waals surface area contributed by atoms with Gasteiger partial charge >= 0.3 is 24.1 Å². The maximum absolute atomic E-state index is 13.4. The van der Waals surface area contributed by atoms with Crippen molar-refractivity contribution in [3.05, 3.63) is 53.6 Å². The highest BCUT2D eigenvalue weighted by Crippen LogP contribution is 2.34. The molecule has 11 nitrogen and oxygen atoms in total. The van der Waals surface area contributed by atoms with Crippen LogP contribution in [-0.2, 0) is 23.8 Å². The lowest BCUT2D eigenvalue weighted by Crippen LogP contribution is -2.48. The van der Waals surface area contributed by atoms with Crippen LogP contribution < -0.4 is 20.9 Å². The molecule has 3 atom stereocenters. The second kappa shape index (κ2) is 20.1. The maximum Gasteiger partial charge on any atom is 0.408 e. The van der Waals surface area contributed by atoms with Crippen molar-refractivity contribution >= 4 is 41.1 Å². The number of aryl methyl sites for hydroxylation is 1. The first-order valence-corrected chi connectivity index (χ1v) is 18.6. The first-order chi connectivity index (χ1) is 24.2. The van der Waals surface area contributed by atoms with Gasteiger partial charge in [-0.15, -0.1) is 0 Å². The Bertz CT molecular complexity index is 1450. The zero-order valence-electron chi connectivity index (χ0n) is 33.7. The molecule has 11 heteroatoms. The normalized spacial score (nSPS) is 13.4. The number of anilines is 3. The third kappa shape index (κ3) is 15.1. The van der Waals surface area contributed by atoms with Gasteiger partial charge < -0.3 is 35.1 Å². The minimum atomic E-state index is -1.16. The lowest BCUT2D eigenvalue weighted by molar-refractivity contribution is -0.198. The molecule has 0 aromatic heterocycles. The van der Waals surface area contributed by atoms with Crippen molar-refractivity contribution in [2.75, 3.05) is 28.6 Å². The Labute approximate surface area is 311 Å². The summed E-state index contributed by atoms with van der Waals surface area (Å²) >= 11 is 0. The molecule has 0 aliphatic rings. The van der Waals surface area contributed by atoms with E-state index in [1.165, 1.54) is 0 Å². The molecule has 290 valence electrons. The zero-order chi connectivity index (χ0) is 39.3. The smallest absolute Gasteiger partial charge is 0.408 e. The lowest BCUT2D eigenvalue weighted by Gasteiger charge is -2.31. The van der Waals surface area contributed by atoms with Crippen LogP contribution >= 0.6 is 0 Å². The molecular weight excluding hydrogens is 660 g/mol. The second-order valence-electron chi connectivity index (χ2n) is 16.1. The van der Waals surface area contributed by atoms with E-state index in [1.54, 1.807) is 48.5 Å². The molecule has 0 bridgehead atoms. The summed E-state index contributed by atoms with van der Waals surface area (Å²) in [5.74, 6) is -1.38. The highest BCUT2D eigenvalue weighted by atomic mass is 16.7. The number of alkyl carbamates (subject to hydrolysis) is 1. The number of amides is 3. The molecule has 52 heavy (non-hydrogen) atoms. The Kier molecular flexibility index (Phi) is 17.0. The minimum absolute atomic E-state index is 0.0249. The van der Waals surface area contributed by atoms with Gasteiger partial charge in [0.15, 0.2) is 0 Å². The van der Waals surface area contributed by atoms with Crippen LogP contribution in [0.4, 0.5) is 26.7 Å². The van der Waals surface area contributed by atoms with Crippen molar-refractivity contribution in [1.82, 2.24) is 5.32 Å². The largest absolute Gasteiger partial charge is 0.444 e. The van der Waals surface area contributed by atoms with Crippen LogP contribution in [0.25, 0.3) is 0 Å². The van der Waals surface area contributed by atoms with Crippen LogP contribution in [0.5, 0.6) is 0 Å². The molecule has 2 unspecified atom stereocenters. The lowest BCUT2D eigenvalue weighted by atomic mass is 9.92. The quantitative estimate of drug-likeness (QED) is 0.109. The molecule has 0 saturated carbocycles. The number of rotatable bonds is 17. The van der Waals surface area contributed by atoms with Crippen LogP contribution in [0.1, 0.15) is 113 Å². The summed E-state index contributed by atoms with van der Waals surface area (Å²) in [6.45, 7) is 26.6. The van der Waals surface area contributed by atoms with Gasteiger partial charge in [0.2, 0.25) is 6.29 Å². The van der Waals surface area contributed by atoms with Crippen molar-refractivity contribution in [3.8, 4) is 0 Å². The zero-order valence-corrected chi connectivity index (χ0v) is 33.7. The van der Waals surface area contributed by atoms with E-state index in [2.05, 4.69) is 48.5 Å². The van der Waals surface area contributed by atoms with E-state index in [1.807, 2.05) is 56.3 Å². The van der Waals surface area contributed by atoms with Crippen molar-refractivity contribution in [2.24, 2.45) is 23.7 Å². The summed E-state index contributed by atoms with van der Waals surface area (Å²) in [5, 5.41) is 8.60. The van der Waals surface area contributed by atoms with Gasteiger partial charge in [-0.2, -0.15) is 0 Å². The highest BCUT2D eigenvalue weighted by Gasteiger charge is 2.33. The molecular formula is C41H64N4O7. The molecule has 0 spiro atoms. The number of urea groups is 1. The predicted molar refractivity (Wildman–Crippen MR) is 209 cm³/mol. The highest BCUT2D eigenvalue weighted by molar-refractivity contribution is 6.02. The Morgan fingerprint density at radius 2 is 1.38 bits per heavy atom. The van der Waals surface area contributed by atoms with E-state index in [9.17, 15) is 19.2 Å². The minimum Gasteiger partial charge on any atom is -0.444 e. The van der Waals surface area contributed by atoms with Crippen molar-refractivity contribution in [1.29, 1.82) is 0 Å². The fraction of sp³-hybridized carbons (Fsp3) is 0.610. The average molecular weight is 725 g/mol. The number of hydrogen-bond donors (Lipinski definition) is 3. The van der Waals surface area contributed by atoms with Gasteiger partial charge in [0, 0.05) is 24.7 Å². The molecule has 0 radical (unpaired) electrons. The second-order valence-corrected chi connectivity index (χ2v) is 16.1. The summed E-state index contributed by atoms with van der Waals surface area (Å²) in [7, 11) is 0. The number of hydrogen-bond acceptors (Lipinski definition) is 8. The topological polar surface area (TPSA) is 135 Å². The number of carbonyl (C=O) groups is 4. The van der Waals surface area contributed by atoms with Gasteiger partial charge in [0.05, 0.1) is 17.8 Å². The fourth-order valence-electron chi connectivity index (χ4n) is 5.55. The summed E-state index contributed by atoms with van der Waals surface area (Å²) in [6.07, 6.45) is -1.26. The van der Waals surface area contributed by atoms with Crippen LogP contribution in [-0.4, -0.2) is 55.1 Å². The molecule has 3 N–H and O–H groups in total. The average Bonchev–Trinajstić information content (AvgIpc) is 3.01. The van der Waals surface area contributed by atoms with Crippen molar-refractivity contribution in [3.63, 3.8) is 0 Å². The molecule has 0 heterocycles. The Morgan fingerprint density at radius 1 is 0.788 bits per heavy atom. The van der Waals surface area contributed by atoms with E-state index >= 15 is 0 Å². The Morgan fingerprint density at radius 3 is 1.88 bits per heavy atom. The van der Waals surface area contributed by atoms with E-state index in [4.69, 9.17) is 14.2 Å². The van der Waals surface area contributed by atoms with Crippen LogP contribution in [0, 0.1) is 30.6 Å². The summed E-state index contributed by atoms with van der Waals surface area (Å²) in [4.78, 5) is 54.7. The third-order valence-electron chi connectivity index (χ3n) is 8.08. The number of esters is 2. The van der Waals surface area contributed by atoms with Gasteiger partial charge in [-0.25, -0.2) is 14.4 Å². The third-order valence-corrected chi connectivity index (χ3v) is 8.08.